The third-order valence-electron chi connectivity index (χ3n) is 4.22. The van der Waals surface area contributed by atoms with E-state index in [-0.39, 0.29) is 5.91 Å². The molecule has 0 bridgehead atoms. The van der Waals surface area contributed by atoms with Gasteiger partial charge in [0.2, 0.25) is 5.91 Å². The molecule has 1 amide bonds. The van der Waals surface area contributed by atoms with Gasteiger partial charge in [0.05, 0.1) is 34.1 Å². The van der Waals surface area contributed by atoms with Crippen LogP contribution < -0.4 is 24.3 Å². The van der Waals surface area contributed by atoms with Crippen LogP contribution in [0.1, 0.15) is 5.56 Å². The predicted octanol–water partition coefficient (Wildman–Crippen LogP) is 4.50. The molecule has 0 fully saturated rings. The largest absolute Gasteiger partial charge is 0.497 e. The lowest BCUT2D eigenvalue weighted by molar-refractivity contribution is -0.111. The summed E-state index contributed by atoms with van der Waals surface area (Å²) in [5, 5.41) is 5.12. The number of nitrogens with zero attached hydrogens (tertiary/aromatic N) is 1. The van der Waals surface area contributed by atoms with Gasteiger partial charge in [0, 0.05) is 29.2 Å². The lowest BCUT2D eigenvalue weighted by Crippen LogP contribution is -2.07. The van der Waals surface area contributed by atoms with Crippen molar-refractivity contribution in [2.45, 2.75) is 0 Å². The molecular formula is C22H22N2O5S. The van der Waals surface area contributed by atoms with Crippen LogP contribution >= 0.6 is 11.3 Å². The molecule has 0 saturated carbocycles. The van der Waals surface area contributed by atoms with Crippen molar-refractivity contribution in [2.75, 3.05) is 33.8 Å². The van der Waals surface area contributed by atoms with Crippen molar-refractivity contribution in [2.24, 2.45) is 0 Å². The SMILES string of the molecule is COc1cc(/C=C/C(=O)Nc2nc(-c3ccc(OC)cc3OC)cs2)cc(OC)c1. The van der Waals surface area contributed by atoms with E-state index in [2.05, 4.69) is 10.3 Å². The van der Waals surface area contributed by atoms with Gasteiger partial charge in [-0.3, -0.25) is 10.1 Å². The Morgan fingerprint density at radius 1 is 0.933 bits per heavy atom. The molecule has 0 radical (unpaired) electrons. The molecule has 3 rings (SSSR count). The highest BCUT2D eigenvalue weighted by Crippen LogP contribution is 2.34. The first-order chi connectivity index (χ1) is 14.6. The fraction of sp³-hybridized carbons (Fsp3) is 0.182. The molecule has 0 aliphatic carbocycles. The molecule has 2 aromatic carbocycles. The maximum absolute atomic E-state index is 12.3. The maximum atomic E-state index is 12.3. The van der Waals surface area contributed by atoms with Gasteiger partial charge in [-0.1, -0.05) is 0 Å². The number of carbonyl (C=O) groups excluding carboxylic acids is 1. The number of amides is 1. The van der Waals surface area contributed by atoms with Crippen molar-refractivity contribution in [3.8, 4) is 34.3 Å². The molecule has 1 aromatic heterocycles. The highest BCUT2D eigenvalue weighted by Gasteiger charge is 2.12. The molecule has 0 saturated heterocycles. The summed E-state index contributed by atoms with van der Waals surface area (Å²) in [5.41, 5.74) is 2.30. The summed E-state index contributed by atoms with van der Waals surface area (Å²) in [5.74, 6) is 2.34. The number of methoxy groups -OCH3 is 4. The lowest BCUT2D eigenvalue weighted by Gasteiger charge is -2.08. The zero-order valence-corrected chi connectivity index (χ0v) is 17.9. The minimum Gasteiger partial charge on any atom is -0.497 e. The Labute approximate surface area is 178 Å². The van der Waals surface area contributed by atoms with Crippen molar-refractivity contribution in [3.63, 3.8) is 0 Å². The van der Waals surface area contributed by atoms with E-state index < -0.39 is 0 Å². The van der Waals surface area contributed by atoms with E-state index in [0.717, 1.165) is 11.1 Å². The number of thiazole rings is 1. The van der Waals surface area contributed by atoms with Gasteiger partial charge < -0.3 is 18.9 Å². The van der Waals surface area contributed by atoms with Gasteiger partial charge in [-0.2, -0.15) is 0 Å². The van der Waals surface area contributed by atoms with E-state index in [1.54, 1.807) is 46.6 Å². The van der Waals surface area contributed by atoms with E-state index in [4.69, 9.17) is 18.9 Å². The summed E-state index contributed by atoms with van der Waals surface area (Å²) >= 11 is 1.33. The molecule has 8 heteroatoms. The minimum atomic E-state index is -0.292. The monoisotopic (exact) mass is 426 g/mol. The normalized spacial score (nSPS) is 10.7. The van der Waals surface area contributed by atoms with Crippen LogP contribution in [0.5, 0.6) is 23.0 Å². The average Bonchev–Trinajstić information content (AvgIpc) is 3.24. The Bertz CT molecular complexity index is 1040. The summed E-state index contributed by atoms with van der Waals surface area (Å²) in [6, 6.07) is 10.9. The Balaban J connectivity index is 1.72. The smallest absolute Gasteiger partial charge is 0.250 e. The second kappa shape index (κ2) is 9.80. The molecule has 156 valence electrons. The van der Waals surface area contributed by atoms with Gasteiger partial charge in [-0.15, -0.1) is 11.3 Å². The van der Waals surface area contributed by atoms with Crippen LogP contribution in [0.15, 0.2) is 47.9 Å². The third kappa shape index (κ3) is 5.09. The number of hydrogen-bond acceptors (Lipinski definition) is 7. The van der Waals surface area contributed by atoms with Crippen LogP contribution in [0.25, 0.3) is 17.3 Å². The number of nitrogens with one attached hydrogen (secondary N) is 1. The highest BCUT2D eigenvalue weighted by molar-refractivity contribution is 7.14. The molecule has 0 aliphatic heterocycles. The van der Waals surface area contributed by atoms with Crippen LogP contribution in [0, 0.1) is 0 Å². The van der Waals surface area contributed by atoms with Crippen molar-refractivity contribution < 1.29 is 23.7 Å². The summed E-state index contributed by atoms with van der Waals surface area (Å²) < 4.78 is 21.1. The zero-order chi connectivity index (χ0) is 21.5. The number of carbonyl (C=O) groups is 1. The van der Waals surface area contributed by atoms with Crippen LogP contribution in [0.2, 0.25) is 0 Å². The number of hydrogen-bond donors (Lipinski definition) is 1. The Kier molecular flexibility index (Phi) is 6.92. The van der Waals surface area contributed by atoms with Gasteiger partial charge in [0.1, 0.15) is 23.0 Å². The van der Waals surface area contributed by atoms with Gasteiger partial charge >= 0.3 is 0 Å². The molecule has 3 aromatic rings. The molecule has 7 nitrogen and oxygen atoms in total. The van der Waals surface area contributed by atoms with Gasteiger partial charge in [-0.05, 0) is 35.9 Å². The van der Waals surface area contributed by atoms with Crippen molar-refractivity contribution in [1.82, 2.24) is 4.98 Å². The first kappa shape index (κ1) is 21.2. The Morgan fingerprint density at radius 3 is 2.27 bits per heavy atom. The van der Waals surface area contributed by atoms with Crippen LogP contribution in [0.3, 0.4) is 0 Å². The number of ether oxygens (including phenoxy) is 4. The fourth-order valence-electron chi connectivity index (χ4n) is 2.71. The summed E-state index contributed by atoms with van der Waals surface area (Å²) in [6.07, 6.45) is 3.12. The minimum absolute atomic E-state index is 0.292. The quantitative estimate of drug-likeness (QED) is 0.535. The van der Waals surface area contributed by atoms with E-state index in [9.17, 15) is 4.79 Å². The third-order valence-corrected chi connectivity index (χ3v) is 4.98. The first-order valence-electron chi connectivity index (χ1n) is 8.96. The van der Waals surface area contributed by atoms with Gasteiger partial charge in [0.15, 0.2) is 5.13 Å². The number of anilines is 1. The van der Waals surface area contributed by atoms with E-state index in [1.165, 1.54) is 17.4 Å². The highest BCUT2D eigenvalue weighted by atomic mass is 32.1. The molecule has 0 aliphatic rings. The van der Waals surface area contributed by atoms with Crippen LogP contribution in [-0.2, 0) is 4.79 Å². The lowest BCUT2D eigenvalue weighted by atomic mass is 10.1. The molecule has 1 N–H and O–H groups in total. The average molecular weight is 426 g/mol. The Morgan fingerprint density at radius 2 is 1.63 bits per heavy atom. The second-order valence-electron chi connectivity index (χ2n) is 6.07. The van der Waals surface area contributed by atoms with E-state index in [0.29, 0.717) is 33.8 Å². The maximum Gasteiger partial charge on any atom is 0.250 e. The van der Waals surface area contributed by atoms with Gasteiger partial charge in [-0.25, -0.2) is 4.98 Å². The molecular weight excluding hydrogens is 404 g/mol. The second-order valence-corrected chi connectivity index (χ2v) is 6.93. The molecule has 0 unspecified atom stereocenters. The topological polar surface area (TPSA) is 78.9 Å². The Hall–Kier alpha value is -3.52. The molecule has 30 heavy (non-hydrogen) atoms. The summed E-state index contributed by atoms with van der Waals surface area (Å²) in [4.78, 5) is 16.8. The number of benzene rings is 2. The number of rotatable bonds is 8. The molecule has 0 atom stereocenters. The van der Waals surface area contributed by atoms with Crippen LogP contribution in [-0.4, -0.2) is 39.3 Å². The predicted molar refractivity (Wildman–Crippen MR) is 118 cm³/mol. The summed E-state index contributed by atoms with van der Waals surface area (Å²) in [7, 11) is 6.34. The molecule has 1 heterocycles. The molecule has 0 spiro atoms. The first-order valence-corrected chi connectivity index (χ1v) is 9.84. The van der Waals surface area contributed by atoms with Crippen LogP contribution in [0.4, 0.5) is 5.13 Å². The van der Waals surface area contributed by atoms with Crippen molar-refractivity contribution in [3.05, 3.63) is 53.4 Å². The summed E-state index contributed by atoms with van der Waals surface area (Å²) in [6.45, 7) is 0. The van der Waals surface area contributed by atoms with E-state index in [1.807, 2.05) is 29.6 Å². The van der Waals surface area contributed by atoms with Crippen molar-refractivity contribution in [1.29, 1.82) is 0 Å². The standard InChI is InChI=1S/C22H22N2O5S/c1-26-15-6-7-18(20(12-15)29-4)19-13-30-22(23-19)24-21(25)8-5-14-9-16(27-2)11-17(10-14)28-3/h5-13H,1-4H3,(H,23,24,25)/b8-5+. The van der Waals surface area contributed by atoms with Gasteiger partial charge in [0.25, 0.3) is 0 Å². The fourth-order valence-corrected chi connectivity index (χ4v) is 3.42. The van der Waals surface area contributed by atoms with E-state index >= 15 is 0 Å². The number of aromatic nitrogens is 1. The van der Waals surface area contributed by atoms with Crippen molar-refractivity contribution >= 4 is 28.5 Å². The zero-order valence-electron chi connectivity index (χ0n) is 17.1.